The van der Waals surface area contributed by atoms with E-state index in [0.717, 1.165) is 5.69 Å². The molecule has 6 heteroatoms. The normalized spacial score (nSPS) is 10.8. The van der Waals surface area contributed by atoms with E-state index in [1.54, 1.807) is 18.0 Å². The average Bonchev–Trinajstić information content (AvgIpc) is 2.26. The number of nitrogens with zero attached hydrogens (tertiary/aromatic N) is 2. The summed E-state index contributed by atoms with van der Waals surface area (Å²) in [4.78, 5) is 17.7. The highest BCUT2D eigenvalue weighted by molar-refractivity contribution is 5.92. The molecule has 0 saturated heterocycles. The Kier molecular flexibility index (Phi) is 9.02. The standard InChI is InChI=1S/C11H17N3O.2ClH/c1-8-5-4-6-10(13-8)11(15)14(3)9(2)7-12;;/h4-6,9H,7,12H2,1-3H3;2*1H. The monoisotopic (exact) mass is 279 g/mol. The van der Waals surface area contributed by atoms with Crippen LogP contribution in [-0.4, -0.2) is 35.4 Å². The van der Waals surface area contributed by atoms with Crippen LogP contribution in [0.25, 0.3) is 0 Å². The summed E-state index contributed by atoms with van der Waals surface area (Å²) in [5.41, 5.74) is 6.82. The average molecular weight is 280 g/mol. The molecule has 0 spiro atoms. The Hall–Kier alpha value is -0.840. The Morgan fingerprint density at radius 1 is 1.47 bits per heavy atom. The maximum atomic E-state index is 11.9. The van der Waals surface area contributed by atoms with Crippen molar-refractivity contribution in [3.63, 3.8) is 0 Å². The molecule has 0 aliphatic carbocycles. The molecule has 17 heavy (non-hydrogen) atoms. The second kappa shape index (κ2) is 8.28. The highest BCUT2D eigenvalue weighted by Gasteiger charge is 2.17. The van der Waals surface area contributed by atoms with E-state index in [0.29, 0.717) is 12.2 Å². The molecule has 0 aliphatic heterocycles. The summed E-state index contributed by atoms with van der Waals surface area (Å²) in [6, 6.07) is 5.44. The molecule has 0 fully saturated rings. The Balaban J connectivity index is 0. The molecular weight excluding hydrogens is 261 g/mol. The van der Waals surface area contributed by atoms with Crippen molar-refractivity contribution in [3.8, 4) is 0 Å². The third-order valence-corrected chi connectivity index (χ3v) is 2.43. The van der Waals surface area contributed by atoms with Gasteiger partial charge in [-0.05, 0) is 26.0 Å². The molecule has 0 saturated carbocycles. The Morgan fingerprint density at radius 2 is 2.06 bits per heavy atom. The van der Waals surface area contributed by atoms with Gasteiger partial charge in [-0.2, -0.15) is 0 Å². The second-order valence-electron chi connectivity index (χ2n) is 3.66. The van der Waals surface area contributed by atoms with Gasteiger partial charge in [0.15, 0.2) is 0 Å². The molecule has 1 unspecified atom stereocenters. The molecule has 0 radical (unpaired) electrons. The maximum absolute atomic E-state index is 11.9. The van der Waals surface area contributed by atoms with E-state index in [2.05, 4.69) is 4.98 Å². The van der Waals surface area contributed by atoms with Crippen LogP contribution in [0.1, 0.15) is 23.1 Å². The van der Waals surface area contributed by atoms with Gasteiger partial charge in [-0.3, -0.25) is 4.79 Å². The number of aromatic nitrogens is 1. The topological polar surface area (TPSA) is 59.2 Å². The molecular formula is C11H19Cl2N3O. The minimum Gasteiger partial charge on any atom is -0.336 e. The van der Waals surface area contributed by atoms with Gasteiger partial charge in [0.25, 0.3) is 5.91 Å². The largest absolute Gasteiger partial charge is 0.336 e. The van der Waals surface area contributed by atoms with Gasteiger partial charge in [-0.25, -0.2) is 4.98 Å². The molecule has 98 valence electrons. The van der Waals surface area contributed by atoms with Gasteiger partial charge >= 0.3 is 0 Å². The molecule has 4 nitrogen and oxygen atoms in total. The Labute approximate surface area is 114 Å². The van der Waals surface area contributed by atoms with Gasteiger partial charge in [-0.1, -0.05) is 6.07 Å². The van der Waals surface area contributed by atoms with Crippen molar-refractivity contribution >= 4 is 30.7 Å². The van der Waals surface area contributed by atoms with Crippen LogP contribution in [0.3, 0.4) is 0 Å². The zero-order valence-corrected chi connectivity index (χ0v) is 11.8. The summed E-state index contributed by atoms with van der Waals surface area (Å²) < 4.78 is 0. The van der Waals surface area contributed by atoms with Gasteiger partial charge in [-0.15, -0.1) is 24.8 Å². The maximum Gasteiger partial charge on any atom is 0.272 e. The van der Waals surface area contributed by atoms with Crippen LogP contribution in [0.4, 0.5) is 0 Å². The van der Waals surface area contributed by atoms with Crippen LogP contribution in [0.5, 0.6) is 0 Å². The van der Waals surface area contributed by atoms with Gasteiger partial charge in [0, 0.05) is 25.3 Å². The van der Waals surface area contributed by atoms with Gasteiger partial charge in [0.2, 0.25) is 0 Å². The van der Waals surface area contributed by atoms with E-state index < -0.39 is 0 Å². The minimum atomic E-state index is -0.0864. The molecule has 0 aromatic carbocycles. The van der Waals surface area contributed by atoms with Crippen molar-refractivity contribution in [2.24, 2.45) is 5.73 Å². The molecule has 1 aromatic heterocycles. The lowest BCUT2D eigenvalue weighted by Gasteiger charge is -2.23. The van der Waals surface area contributed by atoms with Crippen molar-refractivity contribution in [1.29, 1.82) is 0 Å². The zero-order chi connectivity index (χ0) is 11.4. The van der Waals surface area contributed by atoms with Gasteiger partial charge in [0.05, 0.1) is 0 Å². The smallest absolute Gasteiger partial charge is 0.272 e. The summed E-state index contributed by atoms with van der Waals surface area (Å²) in [6.07, 6.45) is 0. The Morgan fingerprint density at radius 3 is 2.53 bits per heavy atom. The zero-order valence-electron chi connectivity index (χ0n) is 10.2. The summed E-state index contributed by atoms with van der Waals surface area (Å²) in [6.45, 7) is 4.23. The van der Waals surface area contributed by atoms with Crippen LogP contribution in [-0.2, 0) is 0 Å². The number of hydrogen-bond acceptors (Lipinski definition) is 3. The third-order valence-electron chi connectivity index (χ3n) is 2.43. The molecule has 1 heterocycles. The minimum absolute atomic E-state index is 0. The summed E-state index contributed by atoms with van der Waals surface area (Å²) in [5, 5.41) is 0. The quantitative estimate of drug-likeness (QED) is 0.916. The number of aryl methyl sites for hydroxylation is 1. The number of carbonyl (C=O) groups is 1. The SMILES string of the molecule is Cc1cccc(C(=O)N(C)C(C)CN)n1.Cl.Cl. The van der Waals surface area contributed by atoms with E-state index >= 15 is 0 Å². The lowest BCUT2D eigenvalue weighted by Crippen LogP contribution is -2.40. The fourth-order valence-corrected chi connectivity index (χ4v) is 1.20. The third kappa shape index (κ3) is 4.89. The van der Waals surface area contributed by atoms with Crippen LogP contribution >= 0.6 is 24.8 Å². The lowest BCUT2D eigenvalue weighted by molar-refractivity contribution is 0.0742. The first-order chi connectivity index (χ1) is 7.06. The first-order valence-corrected chi connectivity index (χ1v) is 4.97. The molecule has 1 aromatic rings. The number of hydrogen-bond donors (Lipinski definition) is 1. The fraction of sp³-hybridized carbons (Fsp3) is 0.455. The number of rotatable bonds is 3. The van der Waals surface area contributed by atoms with Crippen LogP contribution in [0.2, 0.25) is 0 Å². The molecule has 1 atom stereocenters. The summed E-state index contributed by atoms with van der Waals surface area (Å²) in [7, 11) is 1.74. The number of halogens is 2. The van der Waals surface area contributed by atoms with Crippen LogP contribution in [0, 0.1) is 6.92 Å². The van der Waals surface area contributed by atoms with Gasteiger partial charge in [0.1, 0.15) is 5.69 Å². The molecule has 1 rings (SSSR count). The fourth-order valence-electron chi connectivity index (χ4n) is 1.20. The highest BCUT2D eigenvalue weighted by Crippen LogP contribution is 2.04. The molecule has 2 N–H and O–H groups in total. The van der Waals surface area contributed by atoms with Crippen LogP contribution in [0.15, 0.2) is 18.2 Å². The number of pyridine rings is 1. The van der Waals surface area contributed by atoms with Gasteiger partial charge < -0.3 is 10.6 Å². The second-order valence-corrected chi connectivity index (χ2v) is 3.66. The first kappa shape index (κ1) is 18.5. The lowest BCUT2D eigenvalue weighted by atomic mass is 10.2. The predicted molar refractivity (Wildman–Crippen MR) is 74.1 cm³/mol. The van der Waals surface area contributed by atoms with E-state index in [4.69, 9.17) is 5.73 Å². The van der Waals surface area contributed by atoms with E-state index in [9.17, 15) is 4.79 Å². The molecule has 1 amide bonds. The Bertz CT molecular complexity index is 360. The van der Waals surface area contributed by atoms with E-state index in [1.807, 2.05) is 26.0 Å². The van der Waals surface area contributed by atoms with E-state index in [1.165, 1.54) is 0 Å². The first-order valence-electron chi connectivity index (χ1n) is 4.97. The van der Waals surface area contributed by atoms with Crippen molar-refractivity contribution in [2.75, 3.05) is 13.6 Å². The number of amides is 1. The van der Waals surface area contributed by atoms with Crippen LogP contribution < -0.4 is 5.73 Å². The highest BCUT2D eigenvalue weighted by atomic mass is 35.5. The summed E-state index contributed by atoms with van der Waals surface area (Å²) >= 11 is 0. The van der Waals surface area contributed by atoms with Crippen molar-refractivity contribution in [1.82, 2.24) is 9.88 Å². The number of nitrogens with two attached hydrogens (primary N) is 1. The number of likely N-dealkylation sites (N-methyl/N-ethyl adjacent to an activating group) is 1. The summed E-state index contributed by atoms with van der Waals surface area (Å²) in [5.74, 6) is -0.0864. The molecule has 0 bridgehead atoms. The molecule has 0 aliphatic rings. The van der Waals surface area contributed by atoms with Crippen molar-refractivity contribution < 1.29 is 4.79 Å². The van der Waals surface area contributed by atoms with E-state index in [-0.39, 0.29) is 36.8 Å². The van der Waals surface area contributed by atoms with Crippen molar-refractivity contribution in [3.05, 3.63) is 29.6 Å². The predicted octanol–water partition coefficient (Wildman–Crippen LogP) is 1.65. The number of carbonyl (C=O) groups excluding carboxylic acids is 1. The van der Waals surface area contributed by atoms with Crippen molar-refractivity contribution in [2.45, 2.75) is 19.9 Å².